The van der Waals surface area contributed by atoms with Crippen LogP contribution in [0, 0.1) is 5.92 Å². The van der Waals surface area contributed by atoms with Gasteiger partial charge < -0.3 is 5.11 Å². The second kappa shape index (κ2) is 4.50. The summed E-state index contributed by atoms with van der Waals surface area (Å²) >= 11 is 2.39. The van der Waals surface area contributed by atoms with Gasteiger partial charge in [-0.25, -0.2) is 0 Å². The van der Waals surface area contributed by atoms with E-state index in [0.717, 1.165) is 6.42 Å². The van der Waals surface area contributed by atoms with Gasteiger partial charge in [0.1, 0.15) is 0 Å². The summed E-state index contributed by atoms with van der Waals surface area (Å²) in [6.07, 6.45) is 0.779. The van der Waals surface area contributed by atoms with Gasteiger partial charge in [0.2, 0.25) is 0 Å². The molecule has 0 saturated carbocycles. The van der Waals surface area contributed by atoms with Gasteiger partial charge >= 0.3 is 0 Å². The molecule has 0 aromatic heterocycles. The standard InChI is InChI=1S/C7H15IO/c1-5(7(3)8)4-6(2)9/h5-7,9H,4H2,1-3H3. The van der Waals surface area contributed by atoms with Gasteiger partial charge in [-0.05, 0) is 19.3 Å². The Hall–Kier alpha value is 0.690. The van der Waals surface area contributed by atoms with E-state index >= 15 is 0 Å². The fourth-order valence-electron chi connectivity index (χ4n) is 0.726. The first-order valence-corrected chi connectivity index (χ1v) is 4.60. The normalized spacial score (nSPS) is 21.0. The van der Waals surface area contributed by atoms with Gasteiger partial charge in [0.05, 0.1) is 6.10 Å². The number of rotatable bonds is 3. The van der Waals surface area contributed by atoms with Crippen LogP contribution < -0.4 is 0 Å². The Morgan fingerprint density at radius 2 is 1.78 bits per heavy atom. The van der Waals surface area contributed by atoms with Crippen LogP contribution in [0.3, 0.4) is 0 Å². The fourth-order valence-corrected chi connectivity index (χ4v) is 1.02. The monoisotopic (exact) mass is 242 g/mol. The quantitative estimate of drug-likeness (QED) is 0.594. The number of aliphatic hydroxyl groups is 1. The Morgan fingerprint density at radius 1 is 1.33 bits per heavy atom. The van der Waals surface area contributed by atoms with E-state index in [-0.39, 0.29) is 6.10 Å². The molecule has 0 bridgehead atoms. The van der Waals surface area contributed by atoms with E-state index in [2.05, 4.69) is 36.4 Å². The summed E-state index contributed by atoms with van der Waals surface area (Å²) in [5.74, 6) is 0.630. The first kappa shape index (κ1) is 9.69. The van der Waals surface area contributed by atoms with Crippen LogP contribution in [-0.2, 0) is 0 Å². The van der Waals surface area contributed by atoms with Crippen molar-refractivity contribution in [2.75, 3.05) is 0 Å². The minimum absolute atomic E-state index is 0.141. The molecule has 0 fully saturated rings. The van der Waals surface area contributed by atoms with Gasteiger partial charge in [-0.1, -0.05) is 36.4 Å². The van der Waals surface area contributed by atoms with Gasteiger partial charge in [-0.2, -0.15) is 0 Å². The smallest absolute Gasteiger partial charge is 0.0515 e. The van der Waals surface area contributed by atoms with Crippen LogP contribution in [0.4, 0.5) is 0 Å². The zero-order valence-corrected chi connectivity index (χ0v) is 8.42. The van der Waals surface area contributed by atoms with E-state index in [9.17, 15) is 0 Å². The molecule has 0 aromatic carbocycles. The lowest BCUT2D eigenvalue weighted by molar-refractivity contribution is 0.165. The highest BCUT2D eigenvalue weighted by atomic mass is 127. The van der Waals surface area contributed by atoms with Gasteiger partial charge in [-0.3, -0.25) is 0 Å². The van der Waals surface area contributed by atoms with Crippen molar-refractivity contribution in [2.45, 2.75) is 37.2 Å². The third kappa shape index (κ3) is 5.15. The van der Waals surface area contributed by atoms with Crippen LogP contribution in [0.25, 0.3) is 0 Å². The zero-order valence-electron chi connectivity index (χ0n) is 6.26. The molecule has 0 aromatic rings. The van der Waals surface area contributed by atoms with E-state index in [1.165, 1.54) is 0 Å². The Balaban J connectivity index is 3.38. The van der Waals surface area contributed by atoms with Crippen LogP contribution in [0.15, 0.2) is 0 Å². The molecule has 0 rings (SSSR count). The first-order valence-electron chi connectivity index (χ1n) is 3.36. The van der Waals surface area contributed by atoms with Crippen molar-refractivity contribution in [1.29, 1.82) is 0 Å². The second-order valence-electron chi connectivity index (χ2n) is 2.74. The number of hydrogen-bond donors (Lipinski definition) is 1. The first-order chi connectivity index (χ1) is 4.04. The number of aliphatic hydroxyl groups excluding tert-OH is 1. The van der Waals surface area contributed by atoms with E-state index in [1.807, 2.05) is 6.92 Å². The average molecular weight is 242 g/mol. The van der Waals surface area contributed by atoms with Crippen LogP contribution in [0.1, 0.15) is 27.2 Å². The molecule has 0 radical (unpaired) electrons. The summed E-state index contributed by atoms with van der Waals surface area (Å²) in [6.45, 7) is 6.19. The topological polar surface area (TPSA) is 20.2 Å². The van der Waals surface area contributed by atoms with Crippen molar-refractivity contribution in [3.05, 3.63) is 0 Å². The molecule has 1 nitrogen and oxygen atoms in total. The van der Waals surface area contributed by atoms with Gasteiger partial charge in [0, 0.05) is 3.92 Å². The number of hydrogen-bond acceptors (Lipinski definition) is 1. The molecule has 0 aliphatic carbocycles. The predicted molar refractivity (Wildman–Crippen MR) is 48.9 cm³/mol. The maximum Gasteiger partial charge on any atom is 0.0515 e. The molecule has 0 aliphatic heterocycles. The van der Waals surface area contributed by atoms with Crippen molar-refractivity contribution < 1.29 is 5.11 Å². The van der Waals surface area contributed by atoms with Crippen molar-refractivity contribution in [2.24, 2.45) is 5.92 Å². The minimum Gasteiger partial charge on any atom is -0.393 e. The van der Waals surface area contributed by atoms with Crippen LogP contribution in [-0.4, -0.2) is 15.1 Å². The lowest BCUT2D eigenvalue weighted by atomic mass is 10.0. The van der Waals surface area contributed by atoms with E-state index in [1.54, 1.807) is 0 Å². The minimum atomic E-state index is -0.141. The Morgan fingerprint density at radius 3 is 1.89 bits per heavy atom. The third-order valence-electron chi connectivity index (χ3n) is 1.50. The van der Waals surface area contributed by atoms with Crippen LogP contribution in [0.2, 0.25) is 0 Å². The van der Waals surface area contributed by atoms with Gasteiger partial charge in [0.15, 0.2) is 0 Å². The molecule has 0 aliphatic rings. The molecule has 3 unspecified atom stereocenters. The molecule has 0 spiro atoms. The Bertz CT molecular complexity index is 71.3. The Labute approximate surface area is 71.0 Å². The van der Waals surface area contributed by atoms with Gasteiger partial charge in [-0.15, -0.1) is 0 Å². The summed E-state index contributed by atoms with van der Waals surface area (Å²) in [5, 5.41) is 8.97. The zero-order chi connectivity index (χ0) is 7.44. The van der Waals surface area contributed by atoms with Crippen molar-refractivity contribution >= 4 is 22.6 Å². The van der Waals surface area contributed by atoms with Gasteiger partial charge in [0.25, 0.3) is 0 Å². The second-order valence-corrected chi connectivity index (χ2v) is 4.70. The van der Waals surface area contributed by atoms with Crippen molar-refractivity contribution in [3.63, 3.8) is 0 Å². The maximum atomic E-state index is 8.97. The summed E-state index contributed by atoms with van der Waals surface area (Å²) in [5.41, 5.74) is 0. The summed E-state index contributed by atoms with van der Waals surface area (Å²) < 4.78 is 0.664. The number of halogens is 1. The maximum absolute atomic E-state index is 8.97. The van der Waals surface area contributed by atoms with Crippen molar-refractivity contribution in [3.8, 4) is 0 Å². The lowest BCUT2D eigenvalue weighted by Crippen LogP contribution is -2.13. The molecule has 2 heteroatoms. The summed E-state index contributed by atoms with van der Waals surface area (Å²) in [4.78, 5) is 0. The predicted octanol–water partition coefficient (Wildman–Crippen LogP) is 2.22. The van der Waals surface area contributed by atoms with Crippen molar-refractivity contribution in [1.82, 2.24) is 0 Å². The Kier molecular flexibility index (Phi) is 4.84. The summed E-state index contributed by atoms with van der Waals surface area (Å²) in [7, 11) is 0. The van der Waals surface area contributed by atoms with E-state index in [4.69, 9.17) is 5.11 Å². The number of alkyl halides is 1. The average Bonchev–Trinajstić information content (AvgIpc) is 1.63. The molecular formula is C7H15IO. The molecule has 56 valence electrons. The largest absolute Gasteiger partial charge is 0.393 e. The highest BCUT2D eigenvalue weighted by molar-refractivity contribution is 14.1. The lowest BCUT2D eigenvalue weighted by Gasteiger charge is -2.14. The molecule has 1 N–H and O–H groups in total. The van der Waals surface area contributed by atoms with E-state index < -0.39 is 0 Å². The highest BCUT2D eigenvalue weighted by Gasteiger charge is 2.10. The fraction of sp³-hybridized carbons (Fsp3) is 1.00. The van der Waals surface area contributed by atoms with E-state index in [0.29, 0.717) is 9.84 Å². The van der Waals surface area contributed by atoms with Crippen LogP contribution >= 0.6 is 22.6 Å². The summed E-state index contributed by atoms with van der Waals surface area (Å²) in [6, 6.07) is 0. The molecule has 3 atom stereocenters. The molecule has 0 amide bonds. The molecule has 0 heterocycles. The SMILES string of the molecule is CC(O)CC(C)C(C)I. The third-order valence-corrected chi connectivity index (χ3v) is 2.72. The molecule has 9 heavy (non-hydrogen) atoms. The molecule has 0 saturated heterocycles. The highest BCUT2D eigenvalue weighted by Crippen LogP contribution is 2.17. The van der Waals surface area contributed by atoms with Crippen LogP contribution in [0.5, 0.6) is 0 Å². The molecular weight excluding hydrogens is 227 g/mol.